The normalized spacial score (nSPS) is 20.6. The summed E-state index contributed by atoms with van der Waals surface area (Å²) in [6, 6.07) is 11.4. The van der Waals surface area contributed by atoms with Crippen LogP contribution >= 0.6 is 23.8 Å². The number of phosphoric acid groups is 1. The average molecular weight is 646 g/mol. The summed E-state index contributed by atoms with van der Waals surface area (Å²) in [5, 5.41) is 1.24. The van der Waals surface area contributed by atoms with Crippen LogP contribution in [0.25, 0.3) is 21.9 Å². The van der Waals surface area contributed by atoms with Crippen molar-refractivity contribution in [2.45, 2.75) is 59.0 Å². The number of alkyl halides is 1. The number of carbonyl (C=O) groups excluding carboxylic acids is 1. The standard InChI is InChI=1S/C29H35BrN5O5P/c1-5-7-8-24-33-26-27(34(24)16-19-9-12-23(18(3)13-19)40-41(37,38)39)21-14-20(10-11-22(21)32-28(26)31)29(4)17-35(29,6-2)25(36)15-30/h9-14H,5-8,15-17H2,1-4H3,(H3-,31,32,37,38,39)/p+1. The number of likely N-dealkylation sites (N-methyl/N-ethyl adjacent to an activating group) is 1. The second-order valence-electron chi connectivity index (χ2n) is 11.1. The Morgan fingerprint density at radius 3 is 2.61 bits per heavy atom. The summed E-state index contributed by atoms with van der Waals surface area (Å²) < 4.78 is 18.8. The zero-order chi connectivity index (χ0) is 29.7. The maximum atomic E-state index is 13.0. The van der Waals surface area contributed by atoms with Crippen LogP contribution in [0.1, 0.15) is 56.1 Å². The van der Waals surface area contributed by atoms with Crippen LogP contribution in [-0.4, -0.2) is 53.1 Å². The third-order valence-corrected chi connectivity index (χ3v) is 9.42. The second-order valence-corrected chi connectivity index (χ2v) is 12.8. The van der Waals surface area contributed by atoms with Crippen molar-refractivity contribution in [3.05, 3.63) is 58.9 Å². The van der Waals surface area contributed by atoms with E-state index in [1.807, 2.05) is 12.1 Å². The first-order valence-electron chi connectivity index (χ1n) is 13.8. The molecule has 0 radical (unpaired) electrons. The van der Waals surface area contributed by atoms with E-state index in [1.165, 1.54) is 0 Å². The van der Waals surface area contributed by atoms with Gasteiger partial charge in [0.1, 0.15) is 29.0 Å². The number of aromatic nitrogens is 3. The highest BCUT2D eigenvalue weighted by Gasteiger charge is 2.70. The minimum absolute atomic E-state index is 0.139. The van der Waals surface area contributed by atoms with Gasteiger partial charge in [-0.2, -0.15) is 0 Å². The second kappa shape index (κ2) is 10.8. The molecule has 1 aliphatic rings. The fourth-order valence-corrected chi connectivity index (χ4v) is 7.10. The van der Waals surface area contributed by atoms with Crippen molar-refractivity contribution >= 4 is 57.4 Å². The number of nitrogen functional groups attached to an aromatic ring is 1. The molecule has 0 aliphatic carbocycles. The molecular weight excluding hydrogens is 609 g/mol. The number of fused-ring (bicyclic) bond motifs is 3. The van der Waals surface area contributed by atoms with Crippen LogP contribution < -0.4 is 10.3 Å². The SMILES string of the molecule is CCCCc1nc2c(N)nc3ccc(C4(C)C[N+]4(CC)C(=O)CBr)cc3c2n1Cc1ccc(OP(=O)(O)O)c(C)c1. The van der Waals surface area contributed by atoms with Gasteiger partial charge in [0, 0.05) is 30.8 Å². The summed E-state index contributed by atoms with van der Waals surface area (Å²) in [6.45, 7) is 10.0. The lowest BCUT2D eigenvalue weighted by atomic mass is 9.97. The smallest absolute Gasteiger partial charge is 0.404 e. The van der Waals surface area contributed by atoms with Gasteiger partial charge in [0.25, 0.3) is 0 Å². The molecule has 3 heterocycles. The first-order valence-corrected chi connectivity index (χ1v) is 16.4. The van der Waals surface area contributed by atoms with Crippen LogP contribution in [0.2, 0.25) is 0 Å². The highest BCUT2D eigenvalue weighted by atomic mass is 79.9. The molecule has 218 valence electrons. The van der Waals surface area contributed by atoms with E-state index in [9.17, 15) is 19.1 Å². The molecule has 2 aromatic heterocycles. The molecule has 0 bridgehead atoms. The summed E-state index contributed by atoms with van der Waals surface area (Å²) in [4.78, 5) is 41.1. The molecule has 10 nitrogen and oxygen atoms in total. The fraction of sp³-hybridized carbons (Fsp3) is 0.414. The van der Waals surface area contributed by atoms with Crippen LogP contribution in [0.4, 0.5) is 5.82 Å². The number of pyridine rings is 1. The highest BCUT2D eigenvalue weighted by Crippen LogP contribution is 2.52. The van der Waals surface area contributed by atoms with Gasteiger partial charge in [-0.3, -0.25) is 9.79 Å². The molecule has 1 aliphatic heterocycles. The summed E-state index contributed by atoms with van der Waals surface area (Å²) in [5.41, 5.74) is 11.0. The molecule has 5 rings (SSSR count). The Kier molecular flexibility index (Phi) is 7.80. The molecule has 12 heteroatoms. The van der Waals surface area contributed by atoms with Crippen LogP contribution in [0, 0.1) is 6.92 Å². The van der Waals surface area contributed by atoms with E-state index in [0.717, 1.165) is 59.2 Å². The Balaban J connectivity index is 1.67. The molecule has 41 heavy (non-hydrogen) atoms. The number of aryl methyl sites for hydroxylation is 2. The van der Waals surface area contributed by atoms with Crippen molar-refractivity contribution in [1.82, 2.24) is 14.5 Å². The molecule has 1 amide bonds. The van der Waals surface area contributed by atoms with E-state index in [0.29, 0.717) is 39.8 Å². The number of hydrogen-bond acceptors (Lipinski definition) is 6. The number of benzene rings is 2. The number of halogens is 1. The lowest BCUT2D eigenvalue weighted by Crippen LogP contribution is -2.40. The van der Waals surface area contributed by atoms with E-state index < -0.39 is 7.82 Å². The third kappa shape index (κ3) is 5.19. The fourth-order valence-electron chi connectivity index (χ4n) is 6.15. The van der Waals surface area contributed by atoms with Gasteiger partial charge in [0.2, 0.25) is 0 Å². The first-order chi connectivity index (χ1) is 19.4. The van der Waals surface area contributed by atoms with Gasteiger partial charge in [-0.15, -0.1) is 0 Å². The largest absolute Gasteiger partial charge is 0.524 e. The lowest BCUT2D eigenvalue weighted by molar-refractivity contribution is -0.751. The highest BCUT2D eigenvalue weighted by molar-refractivity contribution is 9.09. The zero-order valence-corrected chi connectivity index (χ0v) is 26.2. The summed E-state index contributed by atoms with van der Waals surface area (Å²) >= 11 is 3.38. The maximum absolute atomic E-state index is 13.0. The number of rotatable bonds is 10. The summed E-state index contributed by atoms with van der Waals surface area (Å²) in [5.74, 6) is 1.57. The molecule has 2 aromatic carbocycles. The van der Waals surface area contributed by atoms with Crippen molar-refractivity contribution in [2.75, 3.05) is 24.2 Å². The van der Waals surface area contributed by atoms with Crippen molar-refractivity contribution < 1.29 is 28.2 Å². The van der Waals surface area contributed by atoms with Crippen molar-refractivity contribution in [3.8, 4) is 5.75 Å². The zero-order valence-electron chi connectivity index (χ0n) is 23.7. The van der Waals surface area contributed by atoms with Crippen LogP contribution in [0.3, 0.4) is 0 Å². The van der Waals surface area contributed by atoms with E-state index >= 15 is 0 Å². The number of amides is 1. The van der Waals surface area contributed by atoms with E-state index in [2.05, 4.69) is 58.4 Å². The topological polar surface area (TPSA) is 141 Å². The molecule has 1 saturated heterocycles. The summed E-state index contributed by atoms with van der Waals surface area (Å²) in [7, 11) is -4.67. The maximum Gasteiger partial charge on any atom is 0.524 e. The molecular formula is C29H36BrN5O5P+. The van der Waals surface area contributed by atoms with Gasteiger partial charge >= 0.3 is 13.7 Å². The van der Waals surface area contributed by atoms with Gasteiger partial charge in [-0.05, 0) is 49.6 Å². The first kappa shape index (κ1) is 29.7. The molecule has 1 fully saturated rings. The number of imidazole rings is 1. The molecule has 2 atom stereocenters. The Hall–Kier alpha value is -2.82. The van der Waals surface area contributed by atoms with Gasteiger partial charge < -0.3 is 14.8 Å². The van der Waals surface area contributed by atoms with Crippen LogP contribution in [0.5, 0.6) is 5.75 Å². The number of nitrogens with two attached hydrogens (primary N) is 1. The number of carbonyl (C=O) groups is 1. The summed E-state index contributed by atoms with van der Waals surface area (Å²) in [6.07, 6.45) is 2.72. The van der Waals surface area contributed by atoms with E-state index in [-0.39, 0.29) is 17.2 Å². The Morgan fingerprint density at radius 2 is 1.98 bits per heavy atom. The minimum Gasteiger partial charge on any atom is -0.404 e. The predicted molar refractivity (Wildman–Crippen MR) is 163 cm³/mol. The molecule has 4 aromatic rings. The number of anilines is 1. The van der Waals surface area contributed by atoms with E-state index in [1.54, 1.807) is 19.1 Å². The minimum atomic E-state index is -4.67. The van der Waals surface area contributed by atoms with Gasteiger partial charge in [0.15, 0.2) is 11.4 Å². The lowest BCUT2D eigenvalue weighted by Gasteiger charge is -2.21. The number of phosphoric ester groups is 1. The number of nitrogens with zero attached hydrogens (tertiary/aromatic N) is 4. The van der Waals surface area contributed by atoms with Crippen molar-refractivity contribution in [2.24, 2.45) is 0 Å². The van der Waals surface area contributed by atoms with Crippen LogP contribution in [0.15, 0.2) is 36.4 Å². The van der Waals surface area contributed by atoms with Crippen LogP contribution in [-0.2, 0) is 27.9 Å². The Labute approximate surface area is 247 Å². The van der Waals surface area contributed by atoms with Gasteiger partial charge in [0.05, 0.1) is 17.6 Å². The predicted octanol–water partition coefficient (Wildman–Crippen LogP) is 5.32. The molecule has 0 saturated carbocycles. The average Bonchev–Trinajstić information content (AvgIpc) is 3.41. The van der Waals surface area contributed by atoms with Crippen molar-refractivity contribution in [1.29, 1.82) is 0 Å². The monoisotopic (exact) mass is 644 g/mol. The number of hydrogen-bond donors (Lipinski definition) is 3. The number of unbranched alkanes of at least 4 members (excludes halogenated alkanes) is 1. The van der Waals surface area contributed by atoms with Crippen molar-refractivity contribution in [3.63, 3.8) is 0 Å². The Morgan fingerprint density at radius 1 is 1.22 bits per heavy atom. The quantitative estimate of drug-likeness (QED) is 0.0911. The molecule has 0 spiro atoms. The third-order valence-electron chi connectivity index (χ3n) is 8.51. The molecule has 4 N–H and O–H groups in total. The molecule has 2 unspecified atom stereocenters. The number of quaternary nitrogens is 1. The van der Waals surface area contributed by atoms with Gasteiger partial charge in [-0.1, -0.05) is 47.5 Å². The van der Waals surface area contributed by atoms with E-state index in [4.69, 9.17) is 15.2 Å². The Bertz CT molecular complexity index is 1720. The van der Waals surface area contributed by atoms with Gasteiger partial charge in [-0.25, -0.2) is 23.8 Å².